The summed E-state index contributed by atoms with van der Waals surface area (Å²) in [5.74, 6) is 0.819. The zero-order chi connectivity index (χ0) is 24.2. The van der Waals surface area contributed by atoms with E-state index >= 15 is 0 Å². The summed E-state index contributed by atoms with van der Waals surface area (Å²) in [6.07, 6.45) is 3.81. The molecule has 0 radical (unpaired) electrons. The Morgan fingerprint density at radius 2 is 1.89 bits per heavy atom. The molecule has 1 N–H and O–H groups in total. The first-order valence-electron chi connectivity index (χ1n) is 11.6. The summed E-state index contributed by atoms with van der Waals surface area (Å²) in [5, 5.41) is 3.92. The second kappa shape index (κ2) is 10.4. The lowest BCUT2D eigenvalue weighted by atomic mass is 10.1. The minimum Gasteiger partial charge on any atom is -0.378 e. The van der Waals surface area contributed by atoms with Crippen LogP contribution in [0.1, 0.15) is 21.6 Å². The molecular formula is C27H27N5O2S. The maximum Gasteiger partial charge on any atom is 0.251 e. The summed E-state index contributed by atoms with van der Waals surface area (Å²) in [7, 11) is 0. The molecule has 0 unspecified atom stereocenters. The first kappa shape index (κ1) is 23.3. The molecule has 4 heterocycles. The van der Waals surface area contributed by atoms with Gasteiger partial charge in [-0.25, -0.2) is 9.97 Å². The van der Waals surface area contributed by atoms with E-state index in [-0.39, 0.29) is 5.91 Å². The molecule has 3 aromatic heterocycles. The van der Waals surface area contributed by atoms with Crippen molar-refractivity contribution in [2.45, 2.75) is 18.4 Å². The van der Waals surface area contributed by atoms with Gasteiger partial charge in [0.15, 0.2) is 0 Å². The molecule has 1 aromatic carbocycles. The fourth-order valence-corrected chi connectivity index (χ4v) is 4.70. The van der Waals surface area contributed by atoms with E-state index in [1.54, 1.807) is 18.0 Å². The van der Waals surface area contributed by atoms with Crippen LogP contribution in [0.4, 0.5) is 5.82 Å². The highest BCUT2D eigenvalue weighted by molar-refractivity contribution is 7.98. The third-order valence-corrected chi connectivity index (χ3v) is 6.94. The van der Waals surface area contributed by atoms with Crippen molar-refractivity contribution in [1.29, 1.82) is 0 Å². The number of ether oxygens (including phenoxy) is 1. The van der Waals surface area contributed by atoms with E-state index in [9.17, 15) is 4.79 Å². The van der Waals surface area contributed by atoms with Gasteiger partial charge in [0.2, 0.25) is 0 Å². The number of morpholine rings is 1. The largest absolute Gasteiger partial charge is 0.378 e. The Bertz CT molecular complexity index is 1370. The van der Waals surface area contributed by atoms with E-state index in [1.807, 2.05) is 67.8 Å². The van der Waals surface area contributed by atoms with Crippen molar-refractivity contribution in [2.24, 2.45) is 0 Å². The molecule has 0 spiro atoms. The number of nitrogens with one attached hydrogen (secondary N) is 1. The van der Waals surface area contributed by atoms with Crippen LogP contribution in [0.25, 0.3) is 22.3 Å². The number of benzene rings is 1. The van der Waals surface area contributed by atoms with Gasteiger partial charge in [-0.15, -0.1) is 11.8 Å². The van der Waals surface area contributed by atoms with E-state index in [0.717, 1.165) is 70.6 Å². The molecule has 1 aliphatic heterocycles. The van der Waals surface area contributed by atoms with Crippen molar-refractivity contribution in [3.8, 4) is 11.4 Å². The first-order chi connectivity index (χ1) is 17.1. The highest BCUT2D eigenvalue weighted by Gasteiger charge is 2.14. The lowest BCUT2D eigenvalue weighted by Crippen LogP contribution is -2.36. The van der Waals surface area contributed by atoms with Crippen LogP contribution in [-0.4, -0.2) is 53.4 Å². The number of carbonyl (C=O) groups is 1. The highest BCUT2D eigenvalue weighted by atomic mass is 32.2. The Morgan fingerprint density at radius 1 is 1.06 bits per heavy atom. The van der Waals surface area contributed by atoms with Gasteiger partial charge in [-0.05, 0) is 61.2 Å². The molecule has 0 aliphatic carbocycles. The summed E-state index contributed by atoms with van der Waals surface area (Å²) in [6.45, 7) is 5.48. The highest BCUT2D eigenvalue weighted by Crippen LogP contribution is 2.23. The van der Waals surface area contributed by atoms with Crippen LogP contribution in [0.2, 0.25) is 0 Å². The van der Waals surface area contributed by atoms with Gasteiger partial charge < -0.3 is 15.0 Å². The number of aryl methyl sites for hydroxylation is 1. The quantitative estimate of drug-likeness (QED) is 0.403. The smallest absolute Gasteiger partial charge is 0.251 e. The standard InChI is InChI=1S/C27H27N5O2S/c1-18-6-7-19(14-25(18)35-2)27(33)29-17-21-15-24-20(16-28-21)8-9-23(30-24)22-4-3-5-26(31-22)32-10-12-34-13-11-32/h3-9,14-16H,10-13,17H2,1-2H3,(H,29,33). The Kier molecular flexibility index (Phi) is 6.92. The molecule has 178 valence electrons. The van der Waals surface area contributed by atoms with E-state index < -0.39 is 0 Å². The number of anilines is 1. The van der Waals surface area contributed by atoms with E-state index in [4.69, 9.17) is 14.7 Å². The first-order valence-corrected chi connectivity index (χ1v) is 12.8. The lowest BCUT2D eigenvalue weighted by Gasteiger charge is -2.28. The molecule has 7 nitrogen and oxygen atoms in total. The van der Waals surface area contributed by atoms with Gasteiger partial charge in [0.1, 0.15) is 5.82 Å². The van der Waals surface area contributed by atoms with Crippen molar-refractivity contribution < 1.29 is 9.53 Å². The summed E-state index contributed by atoms with van der Waals surface area (Å²) < 4.78 is 5.46. The van der Waals surface area contributed by atoms with Crippen molar-refractivity contribution in [3.63, 3.8) is 0 Å². The zero-order valence-corrected chi connectivity index (χ0v) is 20.6. The number of rotatable bonds is 6. The SMILES string of the molecule is CSc1cc(C(=O)NCc2cc3nc(-c4cccc(N5CCOCC5)n4)ccc3cn2)ccc1C. The van der Waals surface area contributed by atoms with Crippen LogP contribution in [0.3, 0.4) is 0 Å². The Labute approximate surface area is 209 Å². The predicted octanol–water partition coefficient (Wildman–Crippen LogP) is 4.49. The molecule has 0 atom stereocenters. The van der Waals surface area contributed by atoms with Crippen LogP contribution in [0, 0.1) is 6.92 Å². The Balaban J connectivity index is 1.33. The fraction of sp³-hybridized carbons (Fsp3) is 0.259. The molecule has 1 amide bonds. The van der Waals surface area contributed by atoms with Gasteiger partial charge in [-0.3, -0.25) is 9.78 Å². The normalized spacial score (nSPS) is 13.7. The molecule has 1 saturated heterocycles. The van der Waals surface area contributed by atoms with Crippen LogP contribution in [0.5, 0.6) is 0 Å². The second-order valence-corrected chi connectivity index (χ2v) is 9.26. The number of thioether (sulfide) groups is 1. The second-order valence-electron chi connectivity index (χ2n) is 8.41. The number of carbonyl (C=O) groups excluding carboxylic acids is 1. The summed E-state index contributed by atoms with van der Waals surface area (Å²) >= 11 is 1.64. The van der Waals surface area contributed by atoms with Crippen LogP contribution < -0.4 is 10.2 Å². The number of pyridine rings is 3. The lowest BCUT2D eigenvalue weighted by molar-refractivity contribution is 0.0950. The van der Waals surface area contributed by atoms with Crippen molar-refractivity contribution in [1.82, 2.24) is 20.3 Å². The molecule has 0 bridgehead atoms. The van der Waals surface area contributed by atoms with Crippen molar-refractivity contribution >= 4 is 34.4 Å². The van der Waals surface area contributed by atoms with E-state index in [2.05, 4.69) is 15.2 Å². The fourth-order valence-electron chi connectivity index (χ4n) is 4.07. The number of amides is 1. The van der Waals surface area contributed by atoms with Gasteiger partial charge in [-0.2, -0.15) is 0 Å². The van der Waals surface area contributed by atoms with Gasteiger partial charge in [0, 0.05) is 35.1 Å². The Morgan fingerprint density at radius 3 is 2.71 bits per heavy atom. The topological polar surface area (TPSA) is 80.2 Å². The molecule has 1 fully saturated rings. The van der Waals surface area contributed by atoms with Gasteiger partial charge in [0.25, 0.3) is 5.91 Å². The van der Waals surface area contributed by atoms with Crippen LogP contribution in [-0.2, 0) is 11.3 Å². The third-order valence-electron chi connectivity index (χ3n) is 6.06. The van der Waals surface area contributed by atoms with Crippen LogP contribution in [0.15, 0.2) is 65.7 Å². The van der Waals surface area contributed by atoms with E-state index in [1.165, 1.54) is 0 Å². The molecule has 0 saturated carbocycles. The summed E-state index contributed by atoms with van der Waals surface area (Å²) in [6, 6.07) is 17.7. The molecule has 8 heteroatoms. The molecule has 1 aliphatic rings. The minimum atomic E-state index is -0.118. The minimum absolute atomic E-state index is 0.118. The average molecular weight is 486 g/mol. The molecule has 5 rings (SSSR count). The number of nitrogens with zero attached hydrogens (tertiary/aromatic N) is 4. The van der Waals surface area contributed by atoms with E-state index in [0.29, 0.717) is 12.1 Å². The monoisotopic (exact) mass is 485 g/mol. The Hall–Kier alpha value is -3.49. The molecule has 35 heavy (non-hydrogen) atoms. The predicted molar refractivity (Wildman–Crippen MR) is 140 cm³/mol. The number of aromatic nitrogens is 3. The number of hydrogen-bond acceptors (Lipinski definition) is 7. The third kappa shape index (κ3) is 5.28. The molecular weight excluding hydrogens is 458 g/mol. The van der Waals surface area contributed by atoms with Gasteiger partial charge in [-0.1, -0.05) is 12.1 Å². The summed E-state index contributed by atoms with van der Waals surface area (Å²) in [4.78, 5) is 30.2. The maximum atomic E-state index is 12.7. The summed E-state index contributed by atoms with van der Waals surface area (Å²) in [5.41, 5.74) is 5.01. The zero-order valence-electron chi connectivity index (χ0n) is 19.8. The number of fused-ring (bicyclic) bond motifs is 1. The number of hydrogen-bond donors (Lipinski definition) is 1. The van der Waals surface area contributed by atoms with Crippen LogP contribution >= 0.6 is 11.8 Å². The van der Waals surface area contributed by atoms with Crippen molar-refractivity contribution in [3.05, 3.63) is 77.6 Å². The maximum absolute atomic E-state index is 12.7. The molecule has 4 aromatic rings. The van der Waals surface area contributed by atoms with Crippen molar-refractivity contribution in [2.75, 3.05) is 37.5 Å². The average Bonchev–Trinajstić information content (AvgIpc) is 2.92. The van der Waals surface area contributed by atoms with Gasteiger partial charge in [0.05, 0.1) is 42.4 Å². The van der Waals surface area contributed by atoms with Gasteiger partial charge >= 0.3 is 0 Å².